The zero-order valence-electron chi connectivity index (χ0n) is 15.9. The van der Waals surface area contributed by atoms with Crippen LogP contribution in [0.25, 0.3) is 0 Å². The van der Waals surface area contributed by atoms with Gasteiger partial charge in [0.2, 0.25) is 5.91 Å². The Kier molecular flexibility index (Phi) is 8.00. The van der Waals surface area contributed by atoms with Crippen molar-refractivity contribution in [1.29, 1.82) is 0 Å². The minimum absolute atomic E-state index is 0.118. The summed E-state index contributed by atoms with van der Waals surface area (Å²) in [6, 6.07) is 6.06. The lowest BCUT2D eigenvalue weighted by atomic mass is 9.89. The van der Waals surface area contributed by atoms with Crippen LogP contribution in [0.2, 0.25) is 5.02 Å². The number of hydrogen-bond donors (Lipinski definition) is 1. The summed E-state index contributed by atoms with van der Waals surface area (Å²) in [5.74, 6) is 1.19. The number of halogens is 2. The van der Waals surface area contributed by atoms with Gasteiger partial charge in [0.25, 0.3) is 0 Å². The van der Waals surface area contributed by atoms with E-state index in [-0.39, 0.29) is 12.5 Å². The topological polar surface area (TPSA) is 43.8 Å². The Morgan fingerprint density at radius 2 is 1.96 bits per heavy atom. The van der Waals surface area contributed by atoms with E-state index in [9.17, 15) is 4.79 Å². The molecule has 27 heavy (non-hydrogen) atoms. The molecule has 0 aromatic heterocycles. The van der Waals surface area contributed by atoms with Crippen LogP contribution in [0.3, 0.4) is 0 Å². The summed E-state index contributed by atoms with van der Waals surface area (Å²) in [6.07, 6.45) is 6.98. The van der Waals surface area contributed by atoms with E-state index in [1.807, 2.05) is 17.0 Å². The predicted molar refractivity (Wildman–Crippen MR) is 113 cm³/mol. The van der Waals surface area contributed by atoms with Crippen LogP contribution in [0.4, 0.5) is 0 Å². The van der Waals surface area contributed by atoms with Gasteiger partial charge in [0.05, 0.1) is 0 Å². The molecule has 4 nitrogen and oxygen atoms in total. The molecule has 2 saturated heterocycles. The van der Waals surface area contributed by atoms with E-state index in [1.165, 1.54) is 24.8 Å². The van der Waals surface area contributed by atoms with Crippen molar-refractivity contribution in [2.75, 3.05) is 39.3 Å². The fourth-order valence-electron chi connectivity index (χ4n) is 4.42. The van der Waals surface area contributed by atoms with E-state index in [0.29, 0.717) is 5.92 Å². The number of benzene rings is 1. The van der Waals surface area contributed by atoms with Crippen LogP contribution in [0.1, 0.15) is 37.7 Å². The number of nitrogens with zero attached hydrogens (tertiary/aromatic N) is 2. The molecule has 0 spiro atoms. The van der Waals surface area contributed by atoms with Gasteiger partial charge in [-0.2, -0.15) is 0 Å². The molecular formula is C21H30BrClN2O2. The number of carbonyl (C=O) groups is 1. The van der Waals surface area contributed by atoms with E-state index in [2.05, 4.69) is 26.9 Å². The molecule has 1 N–H and O–H groups in total. The fourth-order valence-corrected chi connectivity index (χ4v) is 5.02. The van der Waals surface area contributed by atoms with Gasteiger partial charge in [0, 0.05) is 22.6 Å². The summed E-state index contributed by atoms with van der Waals surface area (Å²) < 4.78 is 1.16. The first kappa shape index (κ1) is 21.1. The first-order valence-corrected chi connectivity index (χ1v) is 11.3. The van der Waals surface area contributed by atoms with E-state index < -0.39 is 0 Å². The van der Waals surface area contributed by atoms with Crippen molar-refractivity contribution in [2.45, 2.75) is 38.5 Å². The lowest BCUT2D eigenvalue weighted by molar-refractivity contribution is -0.136. The van der Waals surface area contributed by atoms with Crippen LogP contribution in [0.5, 0.6) is 0 Å². The maximum absolute atomic E-state index is 11.7. The zero-order valence-corrected chi connectivity index (χ0v) is 18.2. The largest absolute Gasteiger partial charge is 0.387 e. The minimum Gasteiger partial charge on any atom is -0.387 e. The smallest absolute Gasteiger partial charge is 0.248 e. The number of likely N-dealkylation sites (tertiary alicyclic amines) is 2. The lowest BCUT2D eigenvalue weighted by Gasteiger charge is -2.36. The lowest BCUT2D eigenvalue weighted by Crippen LogP contribution is -2.42. The van der Waals surface area contributed by atoms with Gasteiger partial charge in [0.1, 0.15) is 6.61 Å². The molecule has 0 saturated carbocycles. The van der Waals surface area contributed by atoms with Crippen molar-refractivity contribution in [3.05, 3.63) is 33.3 Å². The third kappa shape index (κ3) is 6.18. The predicted octanol–water partition coefficient (Wildman–Crippen LogP) is 3.98. The maximum Gasteiger partial charge on any atom is 0.248 e. The normalized spacial score (nSPS) is 22.2. The van der Waals surface area contributed by atoms with Gasteiger partial charge in [-0.15, -0.1) is 0 Å². The Balaban J connectivity index is 1.39. The number of aliphatic hydroxyl groups excluding tert-OH is 1. The maximum atomic E-state index is 11.7. The monoisotopic (exact) mass is 456 g/mol. The molecule has 1 amide bonds. The highest BCUT2D eigenvalue weighted by Gasteiger charge is 2.25. The van der Waals surface area contributed by atoms with Crippen molar-refractivity contribution < 1.29 is 9.90 Å². The Bertz CT molecular complexity index is 635. The number of piperidine rings is 2. The molecule has 0 aliphatic carbocycles. The number of rotatable bonds is 6. The molecule has 1 aromatic carbocycles. The minimum atomic E-state index is -0.358. The molecule has 1 aromatic rings. The molecular weight excluding hydrogens is 428 g/mol. The van der Waals surface area contributed by atoms with Crippen LogP contribution in [-0.2, 0) is 11.2 Å². The van der Waals surface area contributed by atoms with Crippen LogP contribution in [0, 0.1) is 11.8 Å². The molecule has 150 valence electrons. The number of carbonyl (C=O) groups excluding carboxylic acids is 1. The van der Waals surface area contributed by atoms with E-state index >= 15 is 0 Å². The van der Waals surface area contributed by atoms with Gasteiger partial charge in [0.15, 0.2) is 0 Å². The fraction of sp³-hybridized carbons (Fsp3) is 0.667. The van der Waals surface area contributed by atoms with Crippen molar-refractivity contribution in [2.24, 2.45) is 11.8 Å². The Morgan fingerprint density at radius 1 is 1.19 bits per heavy atom. The molecule has 0 bridgehead atoms. The molecule has 2 aliphatic rings. The van der Waals surface area contributed by atoms with Gasteiger partial charge in [-0.05, 0) is 93.8 Å². The summed E-state index contributed by atoms with van der Waals surface area (Å²) in [5.41, 5.74) is 1.32. The van der Waals surface area contributed by atoms with Gasteiger partial charge >= 0.3 is 0 Å². The summed E-state index contributed by atoms with van der Waals surface area (Å²) in [6.45, 7) is 4.71. The van der Waals surface area contributed by atoms with Gasteiger partial charge in [-0.3, -0.25) is 4.79 Å². The Labute approximate surface area is 176 Å². The third-order valence-electron chi connectivity index (χ3n) is 6.08. The van der Waals surface area contributed by atoms with Gasteiger partial charge < -0.3 is 14.9 Å². The van der Waals surface area contributed by atoms with E-state index in [0.717, 1.165) is 67.4 Å². The highest BCUT2D eigenvalue weighted by molar-refractivity contribution is 9.10. The van der Waals surface area contributed by atoms with Crippen molar-refractivity contribution in [3.63, 3.8) is 0 Å². The SMILES string of the molecule is O=C(CO)N1CCCC(CCN2CCC(Cc3cc(Cl)ccc3Br)CC2)C1. The molecule has 2 heterocycles. The first-order valence-electron chi connectivity index (χ1n) is 10.1. The first-order chi connectivity index (χ1) is 13.0. The second kappa shape index (κ2) is 10.2. The molecule has 3 rings (SSSR count). The quantitative estimate of drug-likeness (QED) is 0.703. The summed E-state index contributed by atoms with van der Waals surface area (Å²) in [7, 11) is 0. The van der Waals surface area contributed by atoms with Crippen LogP contribution >= 0.6 is 27.5 Å². The van der Waals surface area contributed by atoms with Gasteiger partial charge in [-0.25, -0.2) is 0 Å². The second-order valence-corrected chi connectivity index (χ2v) is 9.31. The van der Waals surface area contributed by atoms with E-state index in [4.69, 9.17) is 16.7 Å². The Hall–Kier alpha value is -0.620. The molecule has 1 unspecified atom stereocenters. The standard InChI is InChI=1S/C21H30BrClN2O2/c22-20-4-3-19(23)13-18(20)12-16-5-9-24(10-6-16)11-7-17-2-1-8-25(14-17)21(27)15-26/h3-4,13,16-17,26H,1-2,5-12,14-15H2. The highest BCUT2D eigenvalue weighted by atomic mass is 79.9. The van der Waals surface area contributed by atoms with Crippen molar-refractivity contribution in [1.82, 2.24) is 9.80 Å². The highest BCUT2D eigenvalue weighted by Crippen LogP contribution is 2.28. The second-order valence-electron chi connectivity index (χ2n) is 8.02. The zero-order chi connectivity index (χ0) is 19.2. The molecule has 1 atom stereocenters. The summed E-state index contributed by atoms with van der Waals surface area (Å²) in [5, 5.41) is 9.87. The number of hydrogen-bond acceptors (Lipinski definition) is 3. The number of aliphatic hydroxyl groups is 1. The Morgan fingerprint density at radius 3 is 2.70 bits per heavy atom. The summed E-state index contributed by atoms with van der Waals surface area (Å²) >= 11 is 9.79. The van der Waals surface area contributed by atoms with Crippen molar-refractivity contribution in [3.8, 4) is 0 Å². The summed E-state index contributed by atoms with van der Waals surface area (Å²) in [4.78, 5) is 16.1. The molecule has 2 aliphatic heterocycles. The molecule has 0 radical (unpaired) electrons. The molecule has 6 heteroatoms. The molecule has 2 fully saturated rings. The van der Waals surface area contributed by atoms with Crippen LogP contribution in [-0.4, -0.2) is 60.1 Å². The average Bonchev–Trinajstić information content (AvgIpc) is 2.70. The number of amides is 1. The van der Waals surface area contributed by atoms with E-state index in [1.54, 1.807) is 0 Å². The van der Waals surface area contributed by atoms with Crippen molar-refractivity contribution >= 4 is 33.4 Å². The third-order valence-corrected chi connectivity index (χ3v) is 7.09. The van der Waals surface area contributed by atoms with Gasteiger partial charge in [-0.1, -0.05) is 27.5 Å². The van der Waals surface area contributed by atoms with Crippen LogP contribution in [0.15, 0.2) is 22.7 Å². The average molecular weight is 458 g/mol. The van der Waals surface area contributed by atoms with Crippen LogP contribution < -0.4 is 0 Å².